The number of para-hydroxylation sites is 1. The maximum Gasteiger partial charge on any atom is 0.253 e. The molecule has 2 rings (SSSR count). The van der Waals surface area contributed by atoms with E-state index in [1.54, 1.807) is 24.3 Å². The van der Waals surface area contributed by atoms with Gasteiger partial charge in [-0.15, -0.1) is 0 Å². The number of hydrogen-bond acceptors (Lipinski definition) is 4. The molecule has 1 saturated carbocycles. The molecule has 5 nitrogen and oxygen atoms in total. The van der Waals surface area contributed by atoms with Crippen molar-refractivity contribution in [3.63, 3.8) is 0 Å². The van der Waals surface area contributed by atoms with Crippen molar-refractivity contribution >= 4 is 45.8 Å². The number of carbonyl (C=O) groups is 2. The molecule has 0 atom stereocenters. The van der Waals surface area contributed by atoms with E-state index in [4.69, 9.17) is 12.2 Å². The molecule has 0 aromatic heterocycles. The maximum atomic E-state index is 12.2. The number of benzene rings is 1. The van der Waals surface area contributed by atoms with Gasteiger partial charge >= 0.3 is 0 Å². The molecule has 1 aliphatic rings. The van der Waals surface area contributed by atoms with Gasteiger partial charge in [-0.1, -0.05) is 36.1 Å². The number of thiocarbonyl (C=S) groups is 1. The molecule has 0 heterocycles. The fourth-order valence-electron chi connectivity index (χ4n) is 2.17. The summed E-state index contributed by atoms with van der Waals surface area (Å²) in [6.45, 7) is 5.72. The third-order valence-corrected chi connectivity index (χ3v) is 5.23. The Kier molecular flexibility index (Phi) is 7.05. The van der Waals surface area contributed by atoms with Crippen molar-refractivity contribution < 1.29 is 9.59 Å². The summed E-state index contributed by atoms with van der Waals surface area (Å²) >= 11 is 6.66. The first kappa shape index (κ1) is 18.7. The summed E-state index contributed by atoms with van der Waals surface area (Å²) in [5.41, 5.74) is 1.03. The number of thioether (sulfide) groups is 1. The summed E-state index contributed by atoms with van der Waals surface area (Å²) in [6.07, 6.45) is 2.05. The first-order chi connectivity index (χ1) is 11.5. The Balaban J connectivity index is 1.91. The number of rotatable bonds is 7. The third kappa shape index (κ3) is 5.49. The van der Waals surface area contributed by atoms with Crippen molar-refractivity contribution in [2.24, 2.45) is 0 Å². The second-order valence-electron chi connectivity index (χ2n) is 5.57. The van der Waals surface area contributed by atoms with Crippen LogP contribution in [0.3, 0.4) is 0 Å². The number of nitrogens with zero attached hydrogens (tertiary/aromatic N) is 1. The largest absolute Gasteiger partial charge is 0.358 e. The van der Waals surface area contributed by atoms with Crippen LogP contribution in [0, 0.1) is 0 Å². The Bertz CT molecular complexity index is 614. The monoisotopic (exact) mass is 365 g/mol. The van der Waals surface area contributed by atoms with Crippen LogP contribution in [0.1, 0.15) is 37.0 Å². The Morgan fingerprint density at radius 1 is 1.25 bits per heavy atom. The van der Waals surface area contributed by atoms with E-state index >= 15 is 0 Å². The Labute approximate surface area is 152 Å². The summed E-state index contributed by atoms with van der Waals surface area (Å²) in [5.74, 6) is -0.0747. The molecule has 1 aromatic rings. The van der Waals surface area contributed by atoms with Gasteiger partial charge in [0.15, 0.2) is 0 Å². The fraction of sp³-hybridized carbons (Fsp3) is 0.471. The van der Waals surface area contributed by atoms with Gasteiger partial charge in [0.25, 0.3) is 5.91 Å². The number of nitrogens with one attached hydrogen (secondary N) is 2. The highest BCUT2D eigenvalue weighted by molar-refractivity contribution is 8.23. The van der Waals surface area contributed by atoms with Crippen LogP contribution in [0.25, 0.3) is 0 Å². The standard InChI is InChI=1S/C17H23N3O2S2/c1-3-20(4-2)17(23)24-11-15(21)19-14-8-6-5-7-13(14)16(22)18-12-9-10-12/h5-8,12H,3-4,9-11H2,1-2H3,(H,18,22)(H,19,21). The van der Waals surface area contributed by atoms with Crippen LogP contribution in [0.5, 0.6) is 0 Å². The van der Waals surface area contributed by atoms with Crippen LogP contribution in [-0.2, 0) is 4.79 Å². The molecule has 7 heteroatoms. The average Bonchev–Trinajstić information content (AvgIpc) is 3.38. The minimum Gasteiger partial charge on any atom is -0.358 e. The van der Waals surface area contributed by atoms with Crippen molar-refractivity contribution in [2.45, 2.75) is 32.7 Å². The molecule has 24 heavy (non-hydrogen) atoms. The molecule has 0 spiro atoms. The minimum absolute atomic E-state index is 0.139. The molecular weight excluding hydrogens is 342 g/mol. The van der Waals surface area contributed by atoms with Crippen molar-refractivity contribution in [1.82, 2.24) is 10.2 Å². The van der Waals surface area contributed by atoms with Crippen molar-refractivity contribution in [3.05, 3.63) is 29.8 Å². The quantitative estimate of drug-likeness (QED) is 0.728. The van der Waals surface area contributed by atoms with E-state index in [1.807, 2.05) is 18.7 Å². The number of carbonyl (C=O) groups excluding carboxylic acids is 2. The smallest absolute Gasteiger partial charge is 0.253 e. The van der Waals surface area contributed by atoms with Gasteiger partial charge in [-0.3, -0.25) is 9.59 Å². The van der Waals surface area contributed by atoms with E-state index in [1.165, 1.54) is 11.8 Å². The van der Waals surface area contributed by atoms with Crippen molar-refractivity contribution in [2.75, 3.05) is 24.2 Å². The lowest BCUT2D eigenvalue weighted by atomic mass is 10.1. The lowest BCUT2D eigenvalue weighted by Crippen LogP contribution is -2.29. The lowest BCUT2D eigenvalue weighted by molar-refractivity contribution is -0.113. The van der Waals surface area contributed by atoms with Gasteiger partial charge in [-0.2, -0.15) is 0 Å². The second kappa shape index (κ2) is 9.03. The molecule has 0 bridgehead atoms. The lowest BCUT2D eigenvalue weighted by Gasteiger charge is -2.20. The van der Waals surface area contributed by atoms with E-state index < -0.39 is 0 Å². The molecule has 2 N–H and O–H groups in total. The maximum absolute atomic E-state index is 12.2. The molecule has 2 amide bonds. The van der Waals surface area contributed by atoms with Gasteiger partial charge in [0.2, 0.25) is 5.91 Å². The predicted molar refractivity (Wildman–Crippen MR) is 104 cm³/mol. The highest BCUT2D eigenvalue weighted by atomic mass is 32.2. The summed E-state index contributed by atoms with van der Waals surface area (Å²) in [7, 11) is 0. The normalized spacial score (nSPS) is 13.2. The second-order valence-corrected chi connectivity index (χ2v) is 7.18. The Morgan fingerprint density at radius 3 is 2.54 bits per heavy atom. The average molecular weight is 366 g/mol. The number of hydrogen-bond donors (Lipinski definition) is 2. The molecule has 1 fully saturated rings. The molecule has 1 aromatic carbocycles. The highest BCUT2D eigenvalue weighted by Gasteiger charge is 2.25. The molecule has 0 saturated heterocycles. The number of anilines is 1. The van der Waals surface area contributed by atoms with Crippen LogP contribution < -0.4 is 10.6 Å². The zero-order valence-electron chi connectivity index (χ0n) is 14.0. The Hall–Kier alpha value is -1.60. The molecule has 0 unspecified atom stereocenters. The number of amides is 2. The molecule has 0 aliphatic heterocycles. The van der Waals surface area contributed by atoms with Crippen LogP contribution in [0.4, 0.5) is 5.69 Å². The SMILES string of the molecule is CCN(CC)C(=S)SCC(=O)Nc1ccccc1C(=O)NC1CC1. The Morgan fingerprint density at radius 2 is 1.92 bits per heavy atom. The summed E-state index contributed by atoms with van der Waals surface area (Å²) in [4.78, 5) is 26.5. The zero-order valence-corrected chi connectivity index (χ0v) is 15.6. The van der Waals surface area contributed by atoms with Gasteiger partial charge in [-0.05, 0) is 38.8 Å². The first-order valence-corrected chi connectivity index (χ1v) is 9.56. The highest BCUT2D eigenvalue weighted by Crippen LogP contribution is 2.21. The van der Waals surface area contributed by atoms with Gasteiger partial charge in [-0.25, -0.2) is 0 Å². The third-order valence-electron chi connectivity index (χ3n) is 3.71. The zero-order chi connectivity index (χ0) is 17.5. The summed E-state index contributed by atoms with van der Waals surface area (Å²) in [5, 5.41) is 5.76. The first-order valence-electron chi connectivity index (χ1n) is 8.16. The fourth-order valence-corrected chi connectivity index (χ4v) is 3.37. The predicted octanol–water partition coefficient (Wildman–Crippen LogP) is 2.88. The van der Waals surface area contributed by atoms with Crippen LogP contribution >= 0.6 is 24.0 Å². The molecular formula is C17H23N3O2S2. The van der Waals surface area contributed by atoms with Crippen LogP contribution in [0.2, 0.25) is 0 Å². The van der Waals surface area contributed by atoms with Crippen LogP contribution in [0.15, 0.2) is 24.3 Å². The van der Waals surface area contributed by atoms with Gasteiger partial charge in [0.1, 0.15) is 4.32 Å². The summed E-state index contributed by atoms with van der Waals surface area (Å²) < 4.78 is 0.718. The van der Waals surface area contributed by atoms with E-state index in [0.29, 0.717) is 11.3 Å². The molecule has 0 radical (unpaired) electrons. The molecule has 130 valence electrons. The van der Waals surface area contributed by atoms with Crippen molar-refractivity contribution in [1.29, 1.82) is 0 Å². The summed E-state index contributed by atoms with van der Waals surface area (Å²) in [6, 6.07) is 7.34. The van der Waals surface area contributed by atoms with E-state index in [9.17, 15) is 9.59 Å². The van der Waals surface area contributed by atoms with Gasteiger partial charge in [0.05, 0.1) is 17.0 Å². The van der Waals surface area contributed by atoms with E-state index in [-0.39, 0.29) is 23.6 Å². The van der Waals surface area contributed by atoms with E-state index in [0.717, 1.165) is 30.3 Å². The van der Waals surface area contributed by atoms with Crippen molar-refractivity contribution in [3.8, 4) is 0 Å². The van der Waals surface area contributed by atoms with Crippen LogP contribution in [-0.4, -0.2) is 45.9 Å². The van der Waals surface area contributed by atoms with Gasteiger partial charge < -0.3 is 15.5 Å². The van der Waals surface area contributed by atoms with E-state index in [2.05, 4.69) is 10.6 Å². The minimum atomic E-state index is -0.166. The topological polar surface area (TPSA) is 61.4 Å². The molecule has 1 aliphatic carbocycles. The van der Waals surface area contributed by atoms with Gasteiger partial charge in [0, 0.05) is 19.1 Å².